The molecule has 0 aliphatic rings. The lowest BCUT2D eigenvalue weighted by atomic mass is 10.1. The van der Waals surface area contributed by atoms with Crippen LogP contribution in [0, 0.1) is 5.82 Å². The van der Waals surface area contributed by atoms with Crippen LogP contribution in [0.15, 0.2) is 53.4 Å². The minimum Gasteiger partial charge on any atom is -0.352 e. The molecule has 1 N–H and O–H groups in total. The highest BCUT2D eigenvalue weighted by atomic mass is 32.2. The summed E-state index contributed by atoms with van der Waals surface area (Å²) < 4.78 is 24.8. The fraction of sp³-hybridized carbons (Fsp3) is 0.278. The van der Waals surface area contributed by atoms with Crippen LogP contribution < -0.4 is 5.32 Å². The van der Waals surface area contributed by atoms with Crippen molar-refractivity contribution in [3.63, 3.8) is 0 Å². The zero-order valence-corrected chi connectivity index (χ0v) is 14.0. The first-order chi connectivity index (χ1) is 11.0. The summed E-state index contributed by atoms with van der Waals surface area (Å²) in [6.07, 6.45) is 0.640. The molecule has 1 atom stereocenters. The van der Waals surface area contributed by atoms with Gasteiger partial charge in [0.15, 0.2) is 0 Å². The Bertz CT molecular complexity index is 681. The predicted molar refractivity (Wildman–Crippen MR) is 90.4 cm³/mol. The predicted octanol–water partition coefficient (Wildman–Crippen LogP) is 3.31. The molecule has 0 fully saturated rings. The molecule has 2 aromatic rings. The van der Waals surface area contributed by atoms with Gasteiger partial charge in [-0.1, -0.05) is 26.0 Å². The van der Waals surface area contributed by atoms with Gasteiger partial charge in [-0.25, -0.2) is 4.39 Å². The van der Waals surface area contributed by atoms with Crippen LogP contribution in [0.1, 0.15) is 29.8 Å². The number of halogens is 1. The van der Waals surface area contributed by atoms with Crippen molar-refractivity contribution in [2.75, 3.05) is 6.54 Å². The van der Waals surface area contributed by atoms with Gasteiger partial charge in [0.1, 0.15) is 5.82 Å². The van der Waals surface area contributed by atoms with Gasteiger partial charge in [0.25, 0.3) is 5.91 Å². The van der Waals surface area contributed by atoms with Gasteiger partial charge in [-0.3, -0.25) is 9.00 Å². The maximum Gasteiger partial charge on any atom is 0.251 e. The van der Waals surface area contributed by atoms with Gasteiger partial charge < -0.3 is 5.32 Å². The molecular weight excluding hydrogens is 313 g/mol. The molecular formula is C18H20FNO2S. The summed E-state index contributed by atoms with van der Waals surface area (Å²) in [6.45, 7) is 4.27. The van der Waals surface area contributed by atoms with Crippen LogP contribution in [0.3, 0.4) is 0 Å². The van der Waals surface area contributed by atoms with E-state index in [-0.39, 0.29) is 17.0 Å². The minimum absolute atomic E-state index is 0.0467. The Balaban J connectivity index is 1.88. The van der Waals surface area contributed by atoms with Crippen LogP contribution >= 0.6 is 0 Å². The zero-order chi connectivity index (χ0) is 16.8. The topological polar surface area (TPSA) is 46.2 Å². The van der Waals surface area contributed by atoms with Crippen LogP contribution in [0.4, 0.5) is 4.39 Å². The third-order valence-corrected chi connectivity index (χ3v) is 4.98. The van der Waals surface area contributed by atoms with Crippen molar-refractivity contribution >= 4 is 16.7 Å². The molecule has 0 spiro atoms. The van der Waals surface area contributed by atoms with Gasteiger partial charge in [0, 0.05) is 22.3 Å². The highest BCUT2D eigenvalue weighted by Crippen LogP contribution is 2.12. The summed E-state index contributed by atoms with van der Waals surface area (Å²) in [4.78, 5) is 12.8. The Labute approximate surface area is 138 Å². The van der Waals surface area contributed by atoms with Crippen LogP contribution in [-0.4, -0.2) is 21.9 Å². The van der Waals surface area contributed by atoms with E-state index in [9.17, 15) is 13.4 Å². The number of hydrogen-bond acceptors (Lipinski definition) is 2. The van der Waals surface area contributed by atoms with Gasteiger partial charge >= 0.3 is 0 Å². The first kappa shape index (κ1) is 17.3. The lowest BCUT2D eigenvalue weighted by Crippen LogP contribution is -2.25. The molecule has 0 aromatic heterocycles. The van der Waals surface area contributed by atoms with Crippen molar-refractivity contribution in [2.45, 2.75) is 30.4 Å². The van der Waals surface area contributed by atoms with E-state index in [0.29, 0.717) is 18.5 Å². The van der Waals surface area contributed by atoms with Crippen molar-refractivity contribution < 1.29 is 13.4 Å². The molecule has 0 heterocycles. The molecule has 2 aromatic carbocycles. The highest BCUT2D eigenvalue weighted by Gasteiger charge is 2.10. The Morgan fingerprint density at radius 2 is 1.70 bits per heavy atom. The molecule has 3 nitrogen and oxygen atoms in total. The first-order valence-electron chi connectivity index (χ1n) is 7.50. The third-order valence-electron chi connectivity index (χ3n) is 3.39. The molecule has 5 heteroatoms. The van der Waals surface area contributed by atoms with E-state index in [1.165, 1.54) is 12.1 Å². The number of carbonyl (C=O) groups excluding carboxylic acids is 1. The largest absolute Gasteiger partial charge is 0.352 e. The van der Waals surface area contributed by atoms with Crippen LogP contribution in [-0.2, 0) is 17.2 Å². The Morgan fingerprint density at radius 1 is 1.09 bits per heavy atom. The van der Waals surface area contributed by atoms with Crippen molar-refractivity contribution in [1.29, 1.82) is 0 Å². The van der Waals surface area contributed by atoms with E-state index in [4.69, 9.17) is 0 Å². The SMILES string of the molecule is CC(C)S(=O)c1ccc(C(=O)NCCc2ccc(F)cc2)cc1. The number of amides is 1. The van der Waals surface area contributed by atoms with Gasteiger partial charge in [-0.05, 0) is 48.4 Å². The second-order valence-corrected chi connectivity index (χ2v) is 7.51. The third kappa shape index (κ3) is 4.99. The standard InChI is InChI=1S/C18H20FNO2S/c1-13(2)23(22)17-9-5-15(6-10-17)18(21)20-12-11-14-3-7-16(19)8-4-14/h3-10,13H,11-12H2,1-2H3,(H,20,21). The molecule has 0 aliphatic heterocycles. The Morgan fingerprint density at radius 3 is 2.26 bits per heavy atom. The maximum absolute atomic E-state index is 12.8. The first-order valence-corrected chi connectivity index (χ1v) is 8.72. The Kier molecular flexibility index (Phi) is 6.04. The molecule has 0 saturated heterocycles. The quantitative estimate of drug-likeness (QED) is 0.881. The molecule has 0 radical (unpaired) electrons. The van der Waals surface area contributed by atoms with Crippen molar-refractivity contribution in [3.8, 4) is 0 Å². The van der Waals surface area contributed by atoms with E-state index >= 15 is 0 Å². The van der Waals surface area contributed by atoms with Crippen molar-refractivity contribution in [2.24, 2.45) is 0 Å². The molecule has 2 rings (SSSR count). The zero-order valence-electron chi connectivity index (χ0n) is 13.2. The van der Waals surface area contributed by atoms with Crippen LogP contribution in [0.25, 0.3) is 0 Å². The molecule has 23 heavy (non-hydrogen) atoms. The van der Waals surface area contributed by atoms with E-state index in [0.717, 1.165) is 10.5 Å². The number of hydrogen-bond donors (Lipinski definition) is 1. The average molecular weight is 333 g/mol. The second-order valence-electron chi connectivity index (χ2n) is 5.50. The fourth-order valence-electron chi connectivity index (χ4n) is 2.09. The Hall–Kier alpha value is -2.01. The highest BCUT2D eigenvalue weighted by molar-refractivity contribution is 7.85. The number of carbonyl (C=O) groups is 1. The summed E-state index contributed by atoms with van der Waals surface area (Å²) in [5, 5.41) is 2.87. The lowest BCUT2D eigenvalue weighted by molar-refractivity contribution is 0.0954. The summed E-state index contributed by atoms with van der Waals surface area (Å²) >= 11 is 0. The van der Waals surface area contributed by atoms with Crippen LogP contribution in [0.5, 0.6) is 0 Å². The normalized spacial score (nSPS) is 12.2. The molecule has 0 aliphatic carbocycles. The van der Waals surface area contributed by atoms with Crippen molar-refractivity contribution in [1.82, 2.24) is 5.32 Å². The average Bonchev–Trinajstić information content (AvgIpc) is 2.56. The lowest BCUT2D eigenvalue weighted by Gasteiger charge is -2.08. The van der Waals surface area contributed by atoms with Crippen LogP contribution in [0.2, 0.25) is 0 Å². The number of nitrogens with one attached hydrogen (secondary N) is 1. The monoisotopic (exact) mass is 333 g/mol. The second kappa shape index (κ2) is 8.02. The van der Waals surface area contributed by atoms with Gasteiger partial charge in [0.2, 0.25) is 0 Å². The fourth-order valence-corrected chi connectivity index (χ4v) is 3.03. The molecule has 0 saturated carbocycles. The van der Waals surface area contributed by atoms with E-state index in [1.54, 1.807) is 36.4 Å². The van der Waals surface area contributed by atoms with Gasteiger partial charge in [0.05, 0.1) is 10.8 Å². The molecule has 1 amide bonds. The summed E-state index contributed by atoms with van der Waals surface area (Å²) in [6, 6.07) is 13.0. The molecule has 0 bridgehead atoms. The van der Waals surface area contributed by atoms with Gasteiger partial charge in [-0.15, -0.1) is 0 Å². The summed E-state index contributed by atoms with van der Waals surface area (Å²) in [5.74, 6) is -0.439. The van der Waals surface area contributed by atoms with E-state index < -0.39 is 10.8 Å². The summed E-state index contributed by atoms with van der Waals surface area (Å²) in [7, 11) is -1.05. The van der Waals surface area contributed by atoms with E-state index in [1.807, 2.05) is 13.8 Å². The minimum atomic E-state index is -1.05. The maximum atomic E-state index is 12.8. The molecule has 1 unspecified atom stereocenters. The van der Waals surface area contributed by atoms with Crippen molar-refractivity contribution in [3.05, 3.63) is 65.5 Å². The van der Waals surface area contributed by atoms with E-state index in [2.05, 4.69) is 5.32 Å². The number of benzene rings is 2. The molecule has 122 valence electrons. The van der Waals surface area contributed by atoms with Gasteiger partial charge in [-0.2, -0.15) is 0 Å². The smallest absolute Gasteiger partial charge is 0.251 e. The number of rotatable bonds is 6. The summed E-state index contributed by atoms with van der Waals surface area (Å²) in [5.41, 5.74) is 1.50.